The molecule has 0 aliphatic carbocycles. The van der Waals surface area contributed by atoms with Gasteiger partial charge in [-0.2, -0.15) is 0 Å². The number of carboxylic acid groups (broad SMARTS) is 1. The largest absolute Gasteiger partial charge is 0.480 e. The molecule has 0 radical (unpaired) electrons. The highest BCUT2D eigenvalue weighted by molar-refractivity contribution is 5.87. The van der Waals surface area contributed by atoms with E-state index in [1.165, 1.54) is 18.0 Å². The van der Waals surface area contributed by atoms with Crippen LogP contribution in [0.2, 0.25) is 0 Å². The zero-order chi connectivity index (χ0) is 8.43. The molecule has 0 aliphatic rings. The predicted octanol–water partition coefficient (Wildman–Crippen LogP) is 0.127. The lowest BCUT2D eigenvalue weighted by molar-refractivity contribution is 0.0687. The second-order valence-electron chi connectivity index (χ2n) is 2.02. The van der Waals surface area contributed by atoms with Gasteiger partial charge in [0.05, 0.1) is 13.4 Å². The maximum Gasteiger partial charge on any atom is 0.360 e. The first-order chi connectivity index (χ1) is 5.16. The summed E-state index contributed by atoms with van der Waals surface area (Å²) in [5.41, 5.74) is -0.0602. The van der Waals surface area contributed by atoms with Crippen LogP contribution in [0, 0.1) is 0 Å². The van der Waals surface area contributed by atoms with Crippen molar-refractivity contribution in [2.24, 2.45) is 7.05 Å². The molecule has 0 unspecified atom stereocenters. The molecule has 5 heteroatoms. The molecule has 0 amide bonds. The number of ether oxygens (including phenoxy) is 1. The molecular formula is C6H8N2O3. The van der Waals surface area contributed by atoms with Crippen LogP contribution in [0.4, 0.5) is 0 Å². The van der Waals surface area contributed by atoms with E-state index in [2.05, 4.69) is 4.98 Å². The summed E-state index contributed by atoms with van der Waals surface area (Å²) in [6.07, 6.45) is 1.39. The summed E-state index contributed by atoms with van der Waals surface area (Å²) in [5, 5.41) is 8.55. The third-order valence-electron chi connectivity index (χ3n) is 1.28. The number of nitrogens with zero attached hydrogens (tertiary/aromatic N) is 2. The summed E-state index contributed by atoms with van der Waals surface area (Å²) < 4.78 is 6.30. The molecular weight excluding hydrogens is 148 g/mol. The first-order valence-electron chi connectivity index (χ1n) is 2.95. The Morgan fingerprint density at radius 3 is 2.82 bits per heavy atom. The number of rotatable bonds is 2. The van der Waals surface area contributed by atoms with Gasteiger partial charge in [-0.15, -0.1) is 0 Å². The van der Waals surface area contributed by atoms with E-state index in [0.29, 0.717) is 0 Å². The lowest BCUT2D eigenvalue weighted by Gasteiger charge is -1.99. The normalized spacial score (nSPS) is 9.64. The maximum atomic E-state index is 10.4. The lowest BCUT2D eigenvalue weighted by atomic mass is 10.5. The number of hydrogen-bond donors (Lipinski definition) is 1. The van der Waals surface area contributed by atoms with E-state index in [0.717, 1.165) is 0 Å². The Morgan fingerprint density at radius 1 is 1.82 bits per heavy atom. The molecule has 0 fully saturated rings. The van der Waals surface area contributed by atoms with Crippen LogP contribution in [0.1, 0.15) is 10.5 Å². The van der Waals surface area contributed by atoms with Crippen LogP contribution >= 0.6 is 0 Å². The SMILES string of the molecule is COc1c(C(=O)O)ncn1C. The average Bonchev–Trinajstić information content (AvgIpc) is 2.30. The average molecular weight is 156 g/mol. The molecule has 60 valence electrons. The Kier molecular flexibility index (Phi) is 1.80. The van der Waals surface area contributed by atoms with Crippen LogP contribution in [-0.2, 0) is 7.05 Å². The Labute approximate surface area is 63.2 Å². The minimum absolute atomic E-state index is 0.0602. The van der Waals surface area contributed by atoms with Crippen LogP contribution in [0.3, 0.4) is 0 Å². The van der Waals surface area contributed by atoms with Gasteiger partial charge in [-0.25, -0.2) is 9.78 Å². The molecule has 0 aromatic carbocycles. The fraction of sp³-hybridized carbons (Fsp3) is 0.333. The third kappa shape index (κ3) is 1.17. The fourth-order valence-electron chi connectivity index (χ4n) is 0.806. The molecule has 1 aromatic heterocycles. The quantitative estimate of drug-likeness (QED) is 0.660. The van der Waals surface area contributed by atoms with Crippen LogP contribution in [0.5, 0.6) is 5.88 Å². The van der Waals surface area contributed by atoms with E-state index >= 15 is 0 Å². The Morgan fingerprint density at radius 2 is 2.45 bits per heavy atom. The lowest BCUT2D eigenvalue weighted by Crippen LogP contribution is -2.01. The highest BCUT2D eigenvalue weighted by Gasteiger charge is 2.15. The number of hydrogen-bond acceptors (Lipinski definition) is 3. The smallest absolute Gasteiger partial charge is 0.360 e. The number of aryl methyl sites for hydroxylation is 1. The minimum Gasteiger partial charge on any atom is -0.480 e. The highest BCUT2D eigenvalue weighted by Crippen LogP contribution is 2.14. The first kappa shape index (κ1) is 7.59. The van der Waals surface area contributed by atoms with Crippen LogP contribution < -0.4 is 4.74 Å². The second-order valence-corrected chi connectivity index (χ2v) is 2.02. The molecule has 0 saturated carbocycles. The Bertz CT molecular complexity index is 279. The molecule has 0 saturated heterocycles. The van der Waals surface area contributed by atoms with Gasteiger partial charge in [0.25, 0.3) is 0 Å². The van der Waals surface area contributed by atoms with Gasteiger partial charge < -0.3 is 14.4 Å². The second kappa shape index (κ2) is 2.61. The molecule has 1 rings (SSSR count). The molecule has 1 N–H and O–H groups in total. The summed E-state index contributed by atoms with van der Waals surface area (Å²) in [6, 6.07) is 0. The molecule has 0 atom stereocenters. The van der Waals surface area contributed by atoms with Crippen molar-refractivity contribution in [3.8, 4) is 5.88 Å². The van der Waals surface area contributed by atoms with Crippen molar-refractivity contribution in [2.45, 2.75) is 0 Å². The zero-order valence-corrected chi connectivity index (χ0v) is 6.24. The van der Waals surface area contributed by atoms with Gasteiger partial charge in [0.2, 0.25) is 11.6 Å². The summed E-state index contributed by atoms with van der Waals surface area (Å²) in [7, 11) is 3.07. The number of aromatic nitrogens is 2. The van der Waals surface area contributed by atoms with Crippen molar-refractivity contribution < 1.29 is 14.6 Å². The molecule has 1 heterocycles. The van der Waals surface area contributed by atoms with E-state index in [4.69, 9.17) is 9.84 Å². The Hall–Kier alpha value is -1.52. The summed E-state index contributed by atoms with van der Waals surface area (Å²) in [4.78, 5) is 14.1. The van der Waals surface area contributed by atoms with E-state index in [-0.39, 0.29) is 11.6 Å². The van der Waals surface area contributed by atoms with Gasteiger partial charge in [0, 0.05) is 7.05 Å². The monoisotopic (exact) mass is 156 g/mol. The summed E-state index contributed by atoms with van der Waals surface area (Å²) in [5.74, 6) is -0.819. The molecule has 0 spiro atoms. The number of aromatic carboxylic acids is 1. The van der Waals surface area contributed by atoms with Gasteiger partial charge in [-0.3, -0.25) is 0 Å². The van der Waals surface area contributed by atoms with E-state index in [1.54, 1.807) is 7.05 Å². The topological polar surface area (TPSA) is 64.3 Å². The van der Waals surface area contributed by atoms with Crippen molar-refractivity contribution in [1.29, 1.82) is 0 Å². The van der Waals surface area contributed by atoms with Crippen LogP contribution in [0.25, 0.3) is 0 Å². The van der Waals surface area contributed by atoms with Gasteiger partial charge in [-0.05, 0) is 0 Å². The third-order valence-corrected chi connectivity index (χ3v) is 1.28. The van der Waals surface area contributed by atoms with Crippen LogP contribution in [-0.4, -0.2) is 27.7 Å². The van der Waals surface area contributed by atoms with Gasteiger partial charge in [0.1, 0.15) is 0 Å². The number of imidazole rings is 1. The van der Waals surface area contributed by atoms with E-state index in [1.807, 2.05) is 0 Å². The molecule has 0 bridgehead atoms. The van der Waals surface area contributed by atoms with Gasteiger partial charge in [-0.1, -0.05) is 0 Å². The standard InChI is InChI=1S/C6H8N2O3/c1-8-3-7-4(6(9)10)5(8)11-2/h3H,1-2H3,(H,9,10). The highest BCUT2D eigenvalue weighted by atomic mass is 16.5. The van der Waals surface area contributed by atoms with E-state index in [9.17, 15) is 4.79 Å². The van der Waals surface area contributed by atoms with E-state index < -0.39 is 5.97 Å². The number of carboxylic acids is 1. The van der Waals surface area contributed by atoms with Gasteiger partial charge >= 0.3 is 5.97 Å². The molecule has 5 nitrogen and oxygen atoms in total. The van der Waals surface area contributed by atoms with Gasteiger partial charge in [0.15, 0.2) is 0 Å². The van der Waals surface area contributed by atoms with Crippen molar-refractivity contribution >= 4 is 5.97 Å². The predicted molar refractivity (Wildman–Crippen MR) is 36.7 cm³/mol. The van der Waals surface area contributed by atoms with Crippen molar-refractivity contribution in [3.63, 3.8) is 0 Å². The maximum absolute atomic E-state index is 10.4. The first-order valence-corrected chi connectivity index (χ1v) is 2.95. The van der Waals surface area contributed by atoms with Crippen molar-refractivity contribution in [2.75, 3.05) is 7.11 Å². The number of methoxy groups -OCH3 is 1. The molecule has 11 heavy (non-hydrogen) atoms. The summed E-state index contributed by atoms with van der Waals surface area (Å²) >= 11 is 0. The number of carbonyl (C=O) groups is 1. The van der Waals surface area contributed by atoms with Crippen molar-refractivity contribution in [3.05, 3.63) is 12.0 Å². The minimum atomic E-state index is -1.08. The molecule has 0 aliphatic heterocycles. The van der Waals surface area contributed by atoms with Crippen LogP contribution in [0.15, 0.2) is 6.33 Å². The zero-order valence-electron chi connectivity index (χ0n) is 6.24. The summed E-state index contributed by atoms with van der Waals surface area (Å²) in [6.45, 7) is 0. The van der Waals surface area contributed by atoms with Crippen molar-refractivity contribution in [1.82, 2.24) is 9.55 Å². The molecule has 1 aromatic rings. The Balaban J connectivity index is 3.15. The fourth-order valence-corrected chi connectivity index (χ4v) is 0.806.